The molecule has 1 aromatic rings. The molecule has 19 heavy (non-hydrogen) atoms. The van der Waals surface area contributed by atoms with Gasteiger partial charge in [0.05, 0.1) is 17.5 Å². The number of hydrogen-bond donors (Lipinski definition) is 0. The average molecular weight is 321 g/mol. The first kappa shape index (κ1) is 12.1. The van der Waals surface area contributed by atoms with Crippen LogP contribution in [0.5, 0.6) is 0 Å². The molecule has 100 valence electrons. The SMILES string of the molecule is CC12CN3CN(C1)CC(c1ccc(Br)cc1)(C3)C2=O. The van der Waals surface area contributed by atoms with E-state index in [4.69, 9.17) is 0 Å². The first-order valence-electron chi connectivity index (χ1n) is 6.78. The summed E-state index contributed by atoms with van der Waals surface area (Å²) in [5, 5.41) is 0. The Morgan fingerprint density at radius 1 is 1.05 bits per heavy atom. The van der Waals surface area contributed by atoms with Crippen LogP contribution in [-0.4, -0.2) is 48.4 Å². The number of carbonyl (C=O) groups is 1. The molecule has 0 N–H and O–H groups in total. The highest BCUT2D eigenvalue weighted by Crippen LogP contribution is 2.47. The maximum absolute atomic E-state index is 13.0. The fraction of sp³-hybridized carbons (Fsp3) is 0.533. The Morgan fingerprint density at radius 3 is 2.21 bits per heavy atom. The van der Waals surface area contributed by atoms with E-state index >= 15 is 0 Å². The van der Waals surface area contributed by atoms with Crippen molar-refractivity contribution in [2.45, 2.75) is 12.3 Å². The standard InChI is InChI=1S/C15H17BrN2O/c1-14-6-17-8-15(13(14)19,9-18(7-14)10-17)11-2-4-12(16)5-3-11/h2-5H,6-10H2,1H3. The number of Topliss-reactive ketones (excluding diaryl/α,β-unsaturated/α-hetero) is 1. The van der Waals surface area contributed by atoms with Crippen LogP contribution in [0.2, 0.25) is 0 Å². The van der Waals surface area contributed by atoms with Gasteiger partial charge >= 0.3 is 0 Å². The molecule has 4 fully saturated rings. The highest BCUT2D eigenvalue weighted by molar-refractivity contribution is 9.10. The molecule has 4 bridgehead atoms. The Kier molecular flexibility index (Phi) is 2.34. The van der Waals surface area contributed by atoms with E-state index in [1.165, 1.54) is 5.56 Å². The molecule has 4 aliphatic heterocycles. The van der Waals surface area contributed by atoms with Gasteiger partial charge in [-0.05, 0) is 17.7 Å². The quantitative estimate of drug-likeness (QED) is 0.789. The van der Waals surface area contributed by atoms with Gasteiger partial charge in [-0.2, -0.15) is 0 Å². The lowest BCUT2D eigenvalue weighted by molar-refractivity contribution is -0.168. The van der Waals surface area contributed by atoms with Crippen LogP contribution in [0.4, 0.5) is 0 Å². The zero-order valence-electron chi connectivity index (χ0n) is 11.0. The second-order valence-electron chi connectivity index (χ2n) is 6.59. The molecule has 4 saturated heterocycles. The summed E-state index contributed by atoms with van der Waals surface area (Å²) in [5.74, 6) is 0.453. The summed E-state index contributed by atoms with van der Waals surface area (Å²) in [5.41, 5.74) is 0.701. The number of ketones is 1. The van der Waals surface area contributed by atoms with Crippen molar-refractivity contribution in [1.29, 1.82) is 0 Å². The monoisotopic (exact) mass is 320 g/mol. The van der Waals surface area contributed by atoms with Crippen LogP contribution < -0.4 is 0 Å². The van der Waals surface area contributed by atoms with Gasteiger partial charge in [0.25, 0.3) is 0 Å². The molecular weight excluding hydrogens is 304 g/mol. The van der Waals surface area contributed by atoms with Gasteiger partial charge < -0.3 is 0 Å². The smallest absolute Gasteiger partial charge is 0.154 e. The molecular formula is C15H17BrN2O. The van der Waals surface area contributed by atoms with Gasteiger partial charge in [-0.25, -0.2) is 0 Å². The largest absolute Gasteiger partial charge is 0.298 e. The lowest BCUT2D eigenvalue weighted by Gasteiger charge is -2.62. The van der Waals surface area contributed by atoms with E-state index in [9.17, 15) is 4.79 Å². The normalized spacial score (nSPS) is 43.8. The molecule has 0 spiro atoms. The first-order chi connectivity index (χ1) is 9.02. The maximum atomic E-state index is 13.0. The summed E-state index contributed by atoms with van der Waals surface area (Å²) in [6.07, 6.45) is 0. The van der Waals surface area contributed by atoms with E-state index in [1.54, 1.807) is 0 Å². The summed E-state index contributed by atoms with van der Waals surface area (Å²) in [7, 11) is 0. The molecule has 5 rings (SSSR count). The van der Waals surface area contributed by atoms with E-state index in [-0.39, 0.29) is 10.8 Å². The highest BCUT2D eigenvalue weighted by Gasteiger charge is 2.61. The van der Waals surface area contributed by atoms with Gasteiger partial charge in [0, 0.05) is 30.7 Å². The van der Waals surface area contributed by atoms with E-state index < -0.39 is 0 Å². The molecule has 0 radical (unpaired) electrons. The Morgan fingerprint density at radius 2 is 1.63 bits per heavy atom. The summed E-state index contributed by atoms with van der Waals surface area (Å²) >= 11 is 3.48. The number of piperidine rings is 2. The minimum atomic E-state index is -0.301. The van der Waals surface area contributed by atoms with Crippen molar-refractivity contribution in [3.63, 3.8) is 0 Å². The lowest BCUT2D eigenvalue weighted by Crippen LogP contribution is -2.77. The lowest BCUT2D eigenvalue weighted by atomic mass is 9.59. The molecule has 4 heteroatoms. The summed E-state index contributed by atoms with van der Waals surface area (Å²) in [6, 6.07) is 8.32. The second kappa shape index (κ2) is 3.68. The molecule has 0 aromatic heterocycles. The second-order valence-corrected chi connectivity index (χ2v) is 7.51. The summed E-state index contributed by atoms with van der Waals surface area (Å²) in [6.45, 7) is 6.81. The Balaban J connectivity index is 1.85. The van der Waals surface area contributed by atoms with Gasteiger partial charge in [-0.1, -0.05) is 35.0 Å². The molecule has 2 atom stereocenters. The molecule has 2 unspecified atom stereocenters. The third-order valence-electron chi connectivity index (χ3n) is 4.91. The van der Waals surface area contributed by atoms with Crippen molar-refractivity contribution < 1.29 is 4.79 Å². The molecule has 1 aromatic carbocycles. The van der Waals surface area contributed by atoms with Crippen molar-refractivity contribution in [3.8, 4) is 0 Å². The number of hydrogen-bond acceptors (Lipinski definition) is 3. The summed E-state index contributed by atoms with van der Waals surface area (Å²) < 4.78 is 1.07. The molecule has 4 heterocycles. The van der Waals surface area contributed by atoms with Crippen molar-refractivity contribution in [2.75, 3.05) is 32.8 Å². The molecule has 0 amide bonds. The van der Waals surface area contributed by atoms with E-state index in [0.717, 1.165) is 37.3 Å². The Bertz CT molecular complexity index is 540. The van der Waals surface area contributed by atoms with Gasteiger partial charge in [0.2, 0.25) is 0 Å². The minimum Gasteiger partial charge on any atom is -0.298 e. The van der Waals surface area contributed by atoms with Crippen LogP contribution >= 0.6 is 15.9 Å². The molecule has 3 nitrogen and oxygen atoms in total. The fourth-order valence-electron chi connectivity index (χ4n) is 4.39. The zero-order valence-corrected chi connectivity index (χ0v) is 12.6. The average Bonchev–Trinajstić information content (AvgIpc) is 2.35. The molecule has 4 aliphatic rings. The third-order valence-corrected chi connectivity index (χ3v) is 5.44. The number of rotatable bonds is 1. The Hall–Kier alpha value is -0.710. The van der Waals surface area contributed by atoms with Crippen molar-refractivity contribution >= 4 is 21.7 Å². The summed E-state index contributed by atoms with van der Waals surface area (Å²) in [4.78, 5) is 17.9. The number of carbonyl (C=O) groups excluding carboxylic acids is 1. The van der Waals surface area contributed by atoms with Gasteiger partial charge in [-0.3, -0.25) is 14.6 Å². The van der Waals surface area contributed by atoms with Crippen LogP contribution in [0, 0.1) is 5.41 Å². The van der Waals surface area contributed by atoms with Crippen LogP contribution in [0.15, 0.2) is 28.7 Å². The maximum Gasteiger partial charge on any atom is 0.154 e. The van der Waals surface area contributed by atoms with Crippen molar-refractivity contribution in [1.82, 2.24) is 9.80 Å². The van der Waals surface area contributed by atoms with Gasteiger partial charge in [0.1, 0.15) is 0 Å². The van der Waals surface area contributed by atoms with Crippen LogP contribution in [0.25, 0.3) is 0 Å². The number of nitrogens with zero attached hydrogens (tertiary/aromatic N) is 2. The van der Waals surface area contributed by atoms with Crippen LogP contribution in [0.1, 0.15) is 12.5 Å². The van der Waals surface area contributed by atoms with Crippen molar-refractivity contribution in [2.24, 2.45) is 5.41 Å². The minimum absolute atomic E-state index is 0.179. The topological polar surface area (TPSA) is 23.6 Å². The van der Waals surface area contributed by atoms with Crippen molar-refractivity contribution in [3.05, 3.63) is 34.3 Å². The van der Waals surface area contributed by atoms with E-state index in [0.29, 0.717) is 5.78 Å². The van der Waals surface area contributed by atoms with Crippen LogP contribution in [-0.2, 0) is 10.2 Å². The van der Waals surface area contributed by atoms with E-state index in [1.807, 2.05) is 12.1 Å². The zero-order chi connectivity index (χ0) is 13.3. The number of benzene rings is 1. The fourth-order valence-corrected chi connectivity index (χ4v) is 4.66. The van der Waals surface area contributed by atoms with Gasteiger partial charge in [-0.15, -0.1) is 0 Å². The molecule has 0 saturated carbocycles. The van der Waals surface area contributed by atoms with Crippen LogP contribution in [0.3, 0.4) is 0 Å². The van der Waals surface area contributed by atoms with E-state index in [2.05, 4.69) is 44.8 Å². The van der Waals surface area contributed by atoms with Gasteiger partial charge in [0.15, 0.2) is 5.78 Å². The predicted molar refractivity (Wildman–Crippen MR) is 76.9 cm³/mol. The highest BCUT2D eigenvalue weighted by atomic mass is 79.9. The first-order valence-corrected chi connectivity index (χ1v) is 7.57. The molecule has 0 aliphatic carbocycles. The Labute approximate surface area is 121 Å². The third kappa shape index (κ3) is 1.54. The number of halogens is 1. The predicted octanol–water partition coefficient (Wildman–Crippen LogP) is 1.86.